The number of rotatable bonds is 5. The molecule has 1 aliphatic rings. The zero-order valence-corrected chi connectivity index (χ0v) is 15.0. The third kappa shape index (κ3) is 4.34. The minimum Gasteiger partial charge on any atom is -0.350 e. The van der Waals surface area contributed by atoms with Crippen LogP contribution in [0.1, 0.15) is 39.7 Å². The molecule has 2 aromatic rings. The molecule has 124 valence electrons. The number of amides is 1. The average molecular weight is 351 g/mol. The summed E-state index contributed by atoms with van der Waals surface area (Å²) in [4.78, 5) is 16.3. The fraction of sp³-hybridized carbons (Fsp3) is 0.389. The molecule has 0 aliphatic carbocycles. The quantitative estimate of drug-likeness (QED) is 0.882. The lowest BCUT2D eigenvalue weighted by Gasteiger charge is -2.27. The predicted molar refractivity (Wildman–Crippen MR) is 98.6 cm³/mol. The Kier molecular flexibility index (Phi) is 6.63. The van der Waals surface area contributed by atoms with Crippen LogP contribution < -0.4 is 5.32 Å². The first-order valence-electron chi connectivity index (χ1n) is 7.87. The molecule has 5 heteroatoms. The predicted octanol–water partition coefficient (Wildman–Crippen LogP) is 4.05. The maximum atomic E-state index is 12.4. The number of nitrogens with zero attached hydrogens (tertiary/aromatic N) is 1. The number of nitrogens with one attached hydrogen (secondary N) is 1. The Bertz CT molecular complexity index is 624. The van der Waals surface area contributed by atoms with Gasteiger partial charge in [-0.25, -0.2) is 0 Å². The molecule has 3 nitrogen and oxygen atoms in total. The molecule has 0 radical (unpaired) electrons. The maximum absolute atomic E-state index is 12.4. The van der Waals surface area contributed by atoms with E-state index in [1.807, 2.05) is 31.2 Å². The van der Waals surface area contributed by atoms with E-state index in [1.165, 1.54) is 17.7 Å². The Labute approximate surface area is 148 Å². The minimum absolute atomic E-state index is 0. The highest BCUT2D eigenvalue weighted by atomic mass is 35.5. The lowest BCUT2D eigenvalue weighted by atomic mass is 10.1. The highest BCUT2D eigenvalue weighted by Crippen LogP contribution is 2.27. The van der Waals surface area contributed by atoms with E-state index in [2.05, 4.69) is 27.7 Å². The van der Waals surface area contributed by atoms with Crippen LogP contribution in [-0.4, -0.2) is 30.4 Å². The molecule has 0 bridgehead atoms. The standard InChI is InChI=1S/C18H22N2OS.ClH/c1-14-7-2-3-8-15(14)18(21)19-13-16(17-9-6-12-22-17)20-10-4-5-11-20;/h2-3,6-9,12,16H,4-5,10-11,13H2,1H3,(H,19,21);1H. The van der Waals surface area contributed by atoms with Gasteiger partial charge < -0.3 is 5.32 Å². The molecule has 1 N–H and O–H groups in total. The maximum Gasteiger partial charge on any atom is 0.251 e. The van der Waals surface area contributed by atoms with Crippen molar-refractivity contribution in [2.24, 2.45) is 0 Å². The molecule has 1 unspecified atom stereocenters. The molecule has 3 rings (SSSR count). The summed E-state index contributed by atoms with van der Waals surface area (Å²) in [7, 11) is 0. The summed E-state index contributed by atoms with van der Waals surface area (Å²) in [6.07, 6.45) is 2.52. The molecule has 1 fully saturated rings. The van der Waals surface area contributed by atoms with Gasteiger partial charge in [-0.1, -0.05) is 24.3 Å². The SMILES string of the molecule is Cc1ccccc1C(=O)NCC(c1cccs1)N1CCCC1.Cl. The van der Waals surface area contributed by atoms with Gasteiger partial charge in [-0.05, 0) is 55.9 Å². The van der Waals surface area contributed by atoms with E-state index in [1.54, 1.807) is 11.3 Å². The Hall–Kier alpha value is -1.36. The number of aryl methyl sites for hydroxylation is 1. The third-order valence-corrected chi connectivity index (χ3v) is 5.27. The second-order valence-corrected chi connectivity index (χ2v) is 6.78. The van der Waals surface area contributed by atoms with Crippen molar-refractivity contribution in [2.75, 3.05) is 19.6 Å². The van der Waals surface area contributed by atoms with Crippen LogP contribution in [0.3, 0.4) is 0 Å². The topological polar surface area (TPSA) is 32.3 Å². The van der Waals surface area contributed by atoms with Crippen LogP contribution in [0.15, 0.2) is 41.8 Å². The van der Waals surface area contributed by atoms with Gasteiger partial charge in [-0.2, -0.15) is 0 Å². The third-order valence-electron chi connectivity index (χ3n) is 4.30. The van der Waals surface area contributed by atoms with Crippen molar-refractivity contribution in [1.29, 1.82) is 0 Å². The van der Waals surface area contributed by atoms with Crippen molar-refractivity contribution < 1.29 is 4.79 Å². The summed E-state index contributed by atoms with van der Waals surface area (Å²) in [5.74, 6) is 0.0267. The Balaban J connectivity index is 0.00000192. The summed E-state index contributed by atoms with van der Waals surface area (Å²) < 4.78 is 0. The minimum atomic E-state index is 0. The van der Waals surface area contributed by atoms with Crippen molar-refractivity contribution in [3.63, 3.8) is 0 Å². The Morgan fingerprint density at radius 3 is 2.61 bits per heavy atom. The van der Waals surface area contributed by atoms with Crippen LogP contribution >= 0.6 is 23.7 Å². The van der Waals surface area contributed by atoms with Gasteiger partial charge in [-0.3, -0.25) is 9.69 Å². The van der Waals surface area contributed by atoms with E-state index >= 15 is 0 Å². The normalized spacial score (nSPS) is 15.9. The van der Waals surface area contributed by atoms with Crippen LogP contribution in [0.5, 0.6) is 0 Å². The van der Waals surface area contributed by atoms with E-state index in [9.17, 15) is 4.79 Å². The van der Waals surface area contributed by atoms with E-state index in [4.69, 9.17) is 0 Å². The molecule has 1 aromatic heterocycles. The summed E-state index contributed by atoms with van der Waals surface area (Å²) in [6.45, 7) is 4.91. The van der Waals surface area contributed by atoms with Gasteiger partial charge in [-0.15, -0.1) is 23.7 Å². The fourth-order valence-corrected chi connectivity index (χ4v) is 3.92. The van der Waals surface area contributed by atoms with Crippen LogP contribution in [0, 0.1) is 6.92 Å². The molecule has 0 spiro atoms. The average Bonchev–Trinajstić information content (AvgIpc) is 3.21. The van der Waals surface area contributed by atoms with Crippen LogP contribution in [-0.2, 0) is 0 Å². The van der Waals surface area contributed by atoms with Crippen LogP contribution in [0.4, 0.5) is 0 Å². The summed E-state index contributed by atoms with van der Waals surface area (Å²) >= 11 is 1.78. The molecule has 1 saturated heterocycles. The van der Waals surface area contributed by atoms with Gasteiger partial charge >= 0.3 is 0 Å². The number of halogens is 1. The molecule has 2 heterocycles. The second-order valence-electron chi connectivity index (χ2n) is 5.80. The first-order chi connectivity index (χ1) is 10.8. The molecule has 1 aromatic carbocycles. The fourth-order valence-electron chi connectivity index (χ4n) is 3.06. The summed E-state index contributed by atoms with van der Waals surface area (Å²) in [5, 5.41) is 5.24. The van der Waals surface area contributed by atoms with Gasteiger partial charge in [0.15, 0.2) is 0 Å². The lowest BCUT2D eigenvalue weighted by molar-refractivity contribution is 0.0938. The number of carbonyl (C=O) groups excluding carboxylic acids is 1. The van der Waals surface area contributed by atoms with E-state index in [-0.39, 0.29) is 18.3 Å². The smallest absolute Gasteiger partial charge is 0.251 e. The van der Waals surface area contributed by atoms with Gasteiger partial charge in [0.25, 0.3) is 5.91 Å². The molecular weight excluding hydrogens is 328 g/mol. The van der Waals surface area contributed by atoms with E-state index in [0.717, 1.165) is 24.2 Å². The van der Waals surface area contributed by atoms with Crippen LogP contribution in [0.25, 0.3) is 0 Å². The number of carbonyl (C=O) groups is 1. The molecule has 1 aliphatic heterocycles. The first-order valence-corrected chi connectivity index (χ1v) is 8.75. The van der Waals surface area contributed by atoms with Gasteiger partial charge in [0.1, 0.15) is 0 Å². The number of hydrogen-bond donors (Lipinski definition) is 1. The van der Waals surface area contributed by atoms with Crippen molar-refractivity contribution >= 4 is 29.7 Å². The van der Waals surface area contributed by atoms with Gasteiger partial charge in [0.05, 0.1) is 6.04 Å². The van der Waals surface area contributed by atoms with Crippen LogP contribution in [0.2, 0.25) is 0 Å². The van der Waals surface area contributed by atoms with Gasteiger partial charge in [0, 0.05) is 17.0 Å². The van der Waals surface area contributed by atoms with Crippen molar-refractivity contribution in [3.8, 4) is 0 Å². The highest BCUT2D eigenvalue weighted by molar-refractivity contribution is 7.10. The summed E-state index contributed by atoms with van der Waals surface area (Å²) in [6, 6.07) is 12.3. The Morgan fingerprint density at radius 1 is 1.22 bits per heavy atom. The number of hydrogen-bond acceptors (Lipinski definition) is 3. The number of likely N-dealkylation sites (tertiary alicyclic amines) is 1. The Morgan fingerprint density at radius 2 is 1.96 bits per heavy atom. The molecular formula is C18H23ClN2OS. The van der Waals surface area contributed by atoms with E-state index in [0.29, 0.717) is 12.6 Å². The second kappa shape index (κ2) is 8.48. The number of benzene rings is 1. The molecule has 0 saturated carbocycles. The monoisotopic (exact) mass is 350 g/mol. The zero-order valence-electron chi connectivity index (χ0n) is 13.3. The number of thiophene rings is 1. The molecule has 1 atom stereocenters. The van der Waals surface area contributed by atoms with Crippen molar-refractivity contribution in [3.05, 3.63) is 57.8 Å². The van der Waals surface area contributed by atoms with Gasteiger partial charge in [0.2, 0.25) is 0 Å². The lowest BCUT2D eigenvalue weighted by Crippen LogP contribution is -2.36. The molecule has 1 amide bonds. The highest BCUT2D eigenvalue weighted by Gasteiger charge is 2.24. The largest absolute Gasteiger partial charge is 0.350 e. The van der Waals surface area contributed by atoms with Crippen molar-refractivity contribution in [2.45, 2.75) is 25.8 Å². The first kappa shape index (κ1) is 18.0. The molecule has 23 heavy (non-hydrogen) atoms. The van der Waals surface area contributed by atoms with E-state index < -0.39 is 0 Å². The van der Waals surface area contributed by atoms with Crippen molar-refractivity contribution in [1.82, 2.24) is 10.2 Å². The zero-order chi connectivity index (χ0) is 15.4. The summed E-state index contributed by atoms with van der Waals surface area (Å²) in [5.41, 5.74) is 1.79.